The first-order chi connectivity index (χ1) is 12.4. The van der Waals surface area contributed by atoms with Gasteiger partial charge in [-0.15, -0.1) is 0 Å². The Kier molecular flexibility index (Phi) is 3.32. The summed E-state index contributed by atoms with van der Waals surface area (Å²) >= 11 is 0. The van der Waals surface area contributed by atoms with Crippen molar-refractivity contribution in [3.05, 3.63) is 90.0 Å². The Morgan fingerprint density at radius 3 is 2.52 bits per heavy atom. The first kappa shape index (κ1) is 14.3. The molecule has 0 bridgehead atoms. The monoisotopic (exact) mass is 326 g/mol. The summed E-state index contributed by atoms with van der Waals surface area (Å²) < 4.78 is 6.02. The van der Waals surface area contributed by atoms with Gasteiger partial charge in [0.1, 0.15) is 11.2 Å². The lowest BCUT2D eigenvalue weighted by Gasteiger charge is -2.25. The van der Waals surface area contributed by atoms with Crippen LogP contribution in [0.3, 0.4) is 0 Å². The van der Waals surface area contributed by atoms with Crippen LogP contribution in [0.15, 0.2) is 83.3 Å². The number of fused-ring (bicyclic) bond motifs is 3. The minimum Gasteiger partial charge on any atom is -0.456 e. The molecule has 0 fully saturated rings. The van der Waals surface area contributed by atoms with Crippen molar-refractivity contribution < 1.29 is 4.42 Å². The number of furan rings is 1. The number of hydrogen-bond donors (Lipinski definition) is 2. The van der Waals surface area contributed by atoms with Gasteiger partial charge in [-0.3, -0.25) is 5.32 Å². The Morgan fingerprint density at radius 2 is 1.60 bits per heavy atom. The van der Waals surface area contributed by atoms with Gasteiger partial charge < -0.3 is 9.73 Å². The van der Waals surface area contributed by atoms with E-state index in [1.54, 1.807) is 0 Å². The van der Waals surface area contributed by atoms with Gasteiger partial charge in [-0.05, 0) is 29.8 Å². The van der Waals surface area contributed by atoms with Gasteiger partial charge in [0.25, 0.3) is 0 Å². The second kappa shape index (κ2) is 5.80. The van der Waals surface area contributed by atoms with Crippen molar-refractivity contribution >= 4 is 27.6 Å². The average Bonchev–Trinajstić information content (AvgIpc) is 3.06. The Bertz CT molecular complexity index is 1080. The van der Waals surface area contributed by atoms with Crippen LogP contribution < -0.4 is 10.6 Å². The molecule has 5 rings (SSSR count). The van der Waals surface area contributed by atoms with Crippen LogP contribution in [0.2, 0.25) is 0 Å². The summed E-state index contributed by atoms with van der Waals surface area (Å²) in [6.07, 6.45) is 2.24. The molecule has 25 heavy (non-hydrogen) atoms. The molecule has 3 aromatic carbocycles. The van der Waals surface area contributed by atoms with Gasteiger partial charge in [-0.1, -0.05) is 54.6 Å². The molecular weight excluding hydrogens is 308 g/mol. The molecule has 0 spiro atoms. The molecule has 0 saturated heterocycles. The first-order valence-corrected chi connectivity index (χ1v) is 8.54. The zero-order valence-corrected chi connectivity index (χ0v) is 13.7. The molecule has 1 aromatic heterocycles. The molecule has 0 saturated carbocycles. The Balaban J connectivity index is 1.57. The smallest absolute Gasteiger partial charge is 0.136 e. The van der Waals surface area contributed by atoms with Crippen LogP contribution in [0, 0.1) is 0 Å². The van der Waals surface area contributed by atoms with Gasteiger partial charge >= 0.3 is 0 Å². The van der Waals surface area contributed by atoms with Crippen molar-refractivity contribution in [3.8, 4) is 0 Å². The molecule has 4 aromatic rings. The van der Waals surface area contributed by atoms with E-state index >= 15 is 0 Å². The molecule has 0 radical (unpaired) electrons. The van der Waals surface area contributed by atoms with Crippen molar-refractivity contribution in [2.24, 2.45) is 0 Å². The van der Waals surface area contributed by atoms with Crippen LogP contribution >= 0.6 is 0 Å². The molecule has 2 N–H and O–H groups in total. The second-order valence-electron chi connectivity index (χ2n) is 6.34. The van der Waals surface area contributed by atoms with Crippen LogP contribution in [0.25, 0.3) is 27.6 Å². The summed E-state index contributed by atoms with van der Waals surface area (Å²) in [7, 11) is 0. The highest BCUT2D eigenvalue weighted by molar-refractivity contribution is 6.05. The third-order valence-electron chi connectivity index (χ3n) is 4.78. The van der Waals surface area contributed by atoms with E-state index in [-0.39, 0.29) is 6.04 Å². The lowest BCUT2D eigenvalue weighted by atomic mass is 10.0. The van der Waals surface area contributed by atoms with Gasteiger partial charge in [-0.2, -0.15) is 0 Å². The van der Waals surface area contributed by atoms with E-state index in [1.165, 1.54) is 10.9 Å². The Labute approximate surface area is 146 Å². The number of hydrogen-bond acceptors (Lipinski definition) is 3. The van der Waals surface area contributed by atoms with E-state index in [0.29, 0.717) is 0 Å². The van der Waals surface area contributed by atoms with Crippen LogP contribution in [0.5, 0.6) is 0 Å². The van der Waals surface area contributed by atoms with Crippen molar-refractivity contribution in [2.75, 3.05) is 6.67 Å². The normalized spacial score (nSPS) is 17.4. The van der Waals surface area contributed by atoms with Crippen molar-refractivity contribution in [2.45, 2.75) is 6.04 Å². The van der Waals surface area contributed by atoms with Crippen LogP contribution in [-0.2, 0) is 0 Å². The number of benzene rings is 3. The molecule has 1 aliphatic rings. The number of nitrogens with one attached hydrogen (secondary N) is 2. The SMILES string of the molecule is C1=C(c2ccc3c(c2)oc2ccccc23)NCNC1c1ccccc1. The van der Waals surface area contributed by atoms with Gasteiger partial charge in [0.2, 0.25) is 0 Å². The Morgan fingerprint density at radius 1 is 0.800 bits per heavy atom. The summed E-state index contributed by atoms with van der Waals surface area (Å²) in [4.78, 5) is 0. The lowest BCUT2D eigenvalue weighted by molar-refractivity contribution is 0.574. The van der Waals surface area contributed by atoms with E-state index in [1.807, 2.05) is 24.3 Å². The molecule has 3 nitrogen and oxygen atoms in total. The fourth-order valence-corrected chi connectivity index (χ4v) is 3.51. The lowest BCUT2D eigenvalue weighted by Crippen LogP contribution is -2.35. The van der Waals surface area contributed by atoms with Gasteiger partial charge in [-0.25, -0.2) is 0 Å². The predicted octanol–water partition coefficient (Wildman–Crippen LogP) is 4.82. The Hall–Kier alpha value is -3.04. The summed E-state index contributed by atoms with van der Waals surface area (Å²) in [5.41, 5.74) is 5.41. The molecule has 0 aliphatic carbocycles. The van der Waals surface area contributed by atoms with E-state index in [0.717, 1.165) is 34.5 Å². The van der Waals surface area contributed by atoms with Crippen LogP contribution in [0.1, 0.15) is 17.2 Å². The molecule has 0 amide bonds. The molecular formula is C22H18N2O. The van der Waals surface area contributed by atoms with Gasteiger partial charge in [0.05, 0.1) is 12.7 Å². The minimum absolute atomic E-state index is 0.212. The van der Waals surface area contributed by atoms with E-state index in [9.17, 15) is 0 Å². The maximum atomic E-state index is 6.02. The average molecular weight is 326 g/mol. The number of rotatable bonds is 2. The summed E-state index contributed by atoms with van der Waals surface area (Å²) in [5, 5.41) is 9.25. The maximum absolute atomic E-state index is 6.02. The maximum Gasteiger partial charge on any atom is 0.136 e. The number of para-hydroxylation sites is 1. The summed E-state index contributed by atoms with van der Waals surface area (Å²) in [5.74, 6) is 0. The fourth-order valence-electron chi connectivity index (χ4n) is 3.51. The molecule has 1 aliphatic heterocycles. The minimum atomic E-state index is 0.212. The second-order valence-corrected chi connectivity index (χ2v) is 6.34. The van der Waals surface area contributed by atoms with E-state index in [4.69, 9.17) is 4.42 Å². The highest BCUT2D eigenvalue weighted by atomic mass is 16.3. The van der Waals surface area contributed by atoms with Crippen molar-refractivity contribution in [3.63, 3.8) is 0 Å². The van der Waals surface area contributed by atoms with Crippen molar-refractivity contribution in [1.82, 2.24) is 10.6 Å². The fraction of sp³-hybridized carbons (Fsp3) is 0.0909. The zero-order chi connectivity index (χ0) is 16.6. The summed E-state index contributed by atoms with van der Waals surface area (Å²) in [6.45, 7) is 0.740. The quantitative estimate of drug-likeness (QED) is 0.554. The molecule has 1 unspecified atom stereocenters. The van der Waals surface area contributed by atoms with Crippen LogP contribution in [0.4, 0.5) is 0 Å². The molecule has 2 heterocycles. The highest BCUT2D eigenvalue weighted by Gasteiger charge is 2.16. The van der Waals surface area contributed by atoms with Gasteiger partial charge in [0.15, 0.2) is 0 Å². The largest absolute Gasteiger partial charge is 0.456 e. The standard InChI is InChI=1S/C22H18N2O/c1-2-6-15(7-3-1)19-13-20(24-14-23-19)16-10-11-18-17-8-4-5-9-21(17)25-22(18)12-16/h1-13,19,23-24H,14H2. The zero-order valence-electron chi connectivity index (χ0n) is 13.7. The molecule has 3 heteroatoms. The summed E-state index contributed by atoms with van der Waals surface area (Å²) in [6, 6.07) is 25.3. The third kappa shape index (κ3) is 2.49. The van der Waals surface area contributed by atoms with E-state index in [2.05, 4.69) is 65.2 Å². The van der Waals surface area contributed by atoms with Gasteiger partial charge in [0, 0.05) is 22.0 Å². The topological polar surface area (TPSA) is 37.2 Å². The predicted molar refractivity (Wildman–Crippen MR) is 102 cm³/mol. The highest BCUT2D eigenvalue weighted by Crippen LogP contribution is 2.31. The molecule has 1 atom stereocenters. The first-order valence-electron chi connectivity index (χ1n) is 8.54. The van der Waals surface area contributed by atoms with Crippen molar-refractivity contribution in [1.29, 1.82) is 0 Å². The third-order valence-corrected chi connectivity index (χ3v) is 4.78. The van der Waals surface area contributed by atoms with Crippen LogP contribution in [-0.4, -0.2) is 6.67 Å². The van der Waals surface area contributed by atoms with E-state index < -0.39 is 0 Å². The molecule has 122 valence electrons.